The highest BCUT2D eigenvalue weighted by molar-refractivity contribution is 7.09. The summed E-state index contributed by atoms with van der Waals surface area (Å²) in [5, 5.41) is 5.63. The number of nitrogens with zero attached hydrogens (tertiary/aromatic N) is 1. The van der Waals surface area contributed by atoms with Gasteiger partial charge < -0.3 is 11.1 Å². The average Bonchev–Trinajstić information content (AvgIpc) is 3.30. The SMILES string of the molecule is CC(CN)(NC(=O)c1csc(Cc2ccc(F)cc2)n1)C1CC1. The molecule has 1 saturated carbocycles. The standard InChI is InChI=1S/C17H20FN3OS/c1-17(10-19,12-4-5-12)21-16(22)14-9-23-15(20-14)8-11-2-6-13(18)7-3-11/h2-3,6-7,9,12H,4-5,8,10,19H2,1H3,(H,21,22). The Morgan fingerprint density at radius 2 is 2.13 bits per heavy atom. The van der Waals surface area contributed by atoms with E-state index in [1.165, 1.54) is 23.5 Å². The molecule has 2 aromatic rings. The van der Waals surface area contributed by atoms with Gasteiger partial charge in [0.1, 0.15) is 11.5 Å². The Kier molecular flexibility index (Phi) is 4.46. The summed E-state index contributed by atoms with van der Waals surface area (Å²) in [4.78, 5) is 16.8. The molecule has 1 aliphatic carbocycles. The lowest BCUT2D eigenvalue weighted by molar-refractivity contribution is 0.0893. The molecule has 0 radical (unpaired) electrons. The van der Waals surface area contributed by atoms with Crippen molar-refractivity contribution >= 4 is 17.2 Å². The number of hydrogen-bond acceptors (Lipinski definition) is 4. The molecule has 1 aromatic heterocycles. The summed E-state index contributed by atoms with van der Waals surface area (Å²) in [5.41, 5.74) is 6.87. The maximum absolute atomic E-state index is 12.9. The van der Waals surface area contributed by atoms with Crippen LogP contribution < -0.4 is 11.1 Å². The van der Waals surface area contributed by atoms with Crippen LogP contribution in [0.25, 0.3) is 0 Å². The average molecular weight is 333 g/mol. The lowest BCUT2D eigenvalue weighted by atomic mass is 9.96. The molecule has 0 spiro atoms. The van der Waals surface area contributed by atoms with Gasteiger partial charge in [-0.15, -0.1) is 11.3 Å². The number of halogens is 1. The second kappa shape index (κ2) is 6.37. The van der Waals surface area contributed by atoms with Crippen molar-refractivity contribution in [2.45, 2.75) is 31.7 Å². The molecule has 1 heterocycles. The molecule has 0 aliphatic heterocycles. The Balaban J connectivity index is 1.66. The first-order valence-electron chi connectivity index (χ1n) is 7.71. The Morgan fingerprint density at radius 3 is 2.74 bits per heavy atom. The van der Waals surface area contributed by atoms with Gasteiger partial charge in [0.15, 0.2) is 0 Å². The van der Waals surface area contributed by atoms with Crippen LogP contribution in [0.2, 0.25) is 0 Å². The van der Waals surface area contributed by atoms with E-state index < -0.39 is 0 Å². The summed E-state index contributed by atoms with van der Waals surface area (Å²) < 4.78 is 12.9. The van der Waals surface area contributed by atoms with Crippen LogP contribution in [0.4, 0.5) is 4.39 Å². The van der Waals surface area contributed by atoms with Crippen LogP contribution in [-0.4, -0.2) is 23.0 Å². The van der Waals surface area contributed by atoms with Crippen molar-refractivity contribution in [2.24, 2.45) is 11.7 Å². The summed E-state index contributed by atoms with van der Waals surface area (Å²) in [6.07, 6.45) is 2.82. The number of nitrogens with one attached hydrogen (secondary N) is 1. The number of amides is 1. The maximum Gasteiger partial charge on any atom is 0.271 e. The third-order valence-corrected chi connectivity index (χ3v) is 5.20. The molecule has 3 rings (SSSR count). The molecule has 4 nitrogen and oxygen atoms in total. The zero-order chi connectivity index (χ0) is 16.4. The van der Waals surface area contributed by atoms with Gasteiger partial charge in [0.2, 0.25) is 0 Å². The van der Waals surface area contributed by atoms with Crippen LogP contribution in [0.3, 0.4) is 0 Å². The highest BCUT2D eigenvalue weighted by Gasteiger charge is 2.41. The highest BCUT2D eigenvalue weighted by atomic mass is 32.1. The first kappa shape index (κ1) is 16.1. The quantitative estimate of drug-likeness (QED) is 0.854. The molecule has 1 aromatic carbocycles. The number of carbonyl (C=O) groups excluding carboxylic acids is 1. The molecule has 1 unspecified atom stereocenters. The molecule has 0 bridgehead atoms. The maximum atomic E-state index is 12.9. The minimum atomic E-state index is -0.349. The van der Waals surface area contributed by atoms with Crippen LogP contribution >= 0.6 is 11.3 Å². The molecule has 1 aliphatic rings. The van der Waals surface area contributed by atoms with Gasteiger partial charge in [0.05, 0.1) is 10.5 Å². The van der Waals surface area contributed by atoms with Crippen LogP contribution in [0.1, 0.15) is 40.8 Å². The Bertz CT molecular complexity index is 696. The Hall–Kier alpha value is -1.79. The fourth-order valence-corrected chi connectivity index (χ4v) is 3.45. The minimum absolute atomic E-state index is 0.175. The lowest BCUT2D eigenvalue weighted by Crippen LogP contribution is -2.53. The summed E-state index contributed by atoms with van der Waals surface area (Å²) in [6.45, 7) is 2.42. The van der Waals surface area contributed by atoms with E-state index in [0.29, 0.717) is 24.6 Å². The molecular weight excluding hydrogens is 313 g/mol. The molecule has 0 saturated heterocycles. The molecule has 1 amide bonds. The van der Waals surface area contributed by atoms with E-state index in [-0.39, 0.29) is 17.3 Å². The lowest BCUT2D eigenvalue weighted by Gasteiger charge is -2.29. The molecule has 122 valence electrons. The predicted molar refractivity (Wildman–Crippen MR) is 89.0 cm³/mol. The topological polar surface area (TPSA) is 68.0 Å². The van der Waals surface area contributed by atoms with E-state index >= 15 is 0 Å². The van der Waals surface area contributed by atoms with Gasteiger partial charge >= 0.3 is 0 Å². The van der Waals surface area contributed by atoms with Gasteiger partial charge in [-0.3, -0.25) is 4.79 Å². The molecule has 3 N–H and O–H groups in total. The predicted octanol–water partition coefficient (Wildman–Crippen LogP) is 2.73. The van der Waals surface area contributed by atoms with Crippen molar-refractivity contribution in [3.05, 3.63) is 51.7 Å². The number of hydrogen-bond donors (Lipinski definition) is 2. The fraction of sp³-hybridized carbons (Fsp3) is 0.412. The van der Waals surface area contributed by atoms with E-state index in [9.17, 15) is 9.18 Å². The number of rotatable bonds is 6. The largest absolute Gasteiger partial charge is 0.344 e. The number of thiazole rings is 1. The van der Waals surface area contributed by atoms with E-state index in [2.05, 4.69) is 10.3 Å². The van der Waals surface area contributed by atoms with Crippen molar-refractivity contribution in [1.82, 2.24) is 10.3 Å². The van der Waals surface area contributed by atoms with E-state index in [1.807, 2.05) is 6.92 Å². The van der Waals surface area contributed by atoms with Crippen LogP contribution in [0.15, 0.2) is 29.6 Å². The molecule has 1 atom stereocenters. The van der Waals surface area contributed by atoms with Crippen molar-refractivity contribution in [3.8, 4) is 0 Å². The third-order valence-electron chi connectivity index (χ3n) is 4.35. The zero-order valence-electron chi connectivity index (χ0n) is 13.0. The zero-order valence-corrected chi connectivity index (χ0v) is 13.8. The summed E-state index contributed by atoms with van der Waals surface area (Å²) in [7, 11) is 0. The number of benzene rings is 1. The third kappa shape index (κ3) is 3.76. The van der Waals surface area contributed by atoms with E-state index in [1.54, 1.807) is 17.5 Å². The van der Waals surface area contributed by atoms with Crippen LogP contribution in [-0.2, 0) is 6.42 Å². The van der Waals surface area contributed by atoms with Gasteiger partial charge in [0, 0.05) is 18.3 Å². The number of carbonyl (C=O) groups is 1. The molecule has 6 heteroatoms. The van der Waals surface area contributed by atoms with Gasteiger partial charge in [-0.2, -0.15) is 0 Å². The van der Waals surface area contributed by atoms with E-state index in [0.717, 1.165) is 23.4 Å². The van der Waals surface area contributed by atoms with Gasteiger partial charge in [-0.25, -0.2) is 9.37 Å². The normalized spacial score (nSPS) is 16.8. The summed E-state index contributed by atoms with van der Waals surface area (Å²) in [5.74, 6) is 0.0364. The van der Waals surface area contributed by atoms with Crippen molar-refractivity contribution in [1.29, 1.82) is 0 Å². The van der Waals surface area contributed by atoms with E-state index in [4.69, 9.17) is 5.73 Å². The van der Waals surface area contributed by atoms with Crippen LogP contribution in [0, 0.1) is 11.7 Å². The summed E-state index contributed by atoms with van der Waals surface area (Å²) >= 11 is 1.44. The highest BCUT2D eigenvalue weighted by Crippen LogP contribution is 2.39. The molecule has 1 fully saturated rings. The second-order valence-electron chi connectivity index (χ2n) is 6.28. The van der Waals surface area contributed by atoms with Crippen molar-refractivity contribution in [2.75, 3.05) is 6.54 Å². The first-order chi connectivity index (χ1) is 11.0. The van der Waals surface area contributed by atoms with Gasteiger partial charge in [0.25, 0.3) is 5.91 Å². The smallest absolute Gasteiger partial charge is 0.271 e. The fourth-order valence-electron chi connectivity index (χ4n) is 2.64. The monoisotopic (exact) mass is 333 g/mol. The first-order valence-corrected chi connectivity index (χ1v) is 8.59. The summed E-state index contributed by atoms with van der Waals surface area (Å²) in [6, 6.07) is 6.32. The Morgan fingerprint density at radius 1 is 1.43 bits per heavy atom. The van der Waals surface area contributed by atoms with Crippen molar-refractivity contribution in [3.63, 3.8) is 0 Å². The van der Waals surface area contributed by atoms with Crippen molar-refractivity contribution < 1.29 is 9.18 Å². The molecular formula is C17H20FN3OS. The second-order valence-corrected chi connectivity index (χ2v) is 7.22. The molecule has 23 heavy (non-hydrogen) atoms. The van der Waals surface area contributed by atoms with Crippen LogP contribution in [0.5, 0.6) is 0 Å². The van der Waals surface area contributed by atoms with Gasteiger partial charge in [-0.05, 0) is 43.4 Å². The Labute approximate surface area is 138 Å². The number of nitrogens with two attached hydrogens (primary N) is 1. The minimum Gasteiger partial charge on any atom is -0.344 e. The number of aromatic nitrogens is 1. The van der Waals surface area contributed by atoms with Gasteiger partial charge in [-0.1, -0.05) is 12.1 Å².